The molecular weight excluding hydrogens is 726 g/mol. The van der Waals surface area contributed by atoms with Crippen molar-refractivity contribution in [1.29, 1.82) is 0 Å². The van der Waals surface area contributed by atoms with Crippen molar-refractivity contribution in [3.8, 4) is 0 Å². The van der Waals surface area contributed by atoms with Crippen molar-refractivity contribution >= 4 is 39.6 Å². The lowest BCUT2D eigenvalue weighted by molar-refractivity contribution is -0.165. The van der Waals surface area contributed by atoms with Crippen molar-refractivity contribution in [2.24, 2.45) is 23.2 Å². The number of alkyl halides is 1. The predicted molar refractivity (Wildman–Crippen MR) is 205 cm³/mol. The van der Waals surface area contributed by atoms with Crippen molar-refractivity contribution in [2.45, 2.75) is 127 Å². The van der Waals surface area contributed by atoms with Crippen molar-refractivity contribution in [3.05, 3.63) is 61.2 Å². The van der Waals surface area contributed by atoms with Crippen LogP contribution in [0.25, 0.3) is 0 Å². The van der Waals surface area contributed by atoms with Gasteiger partial charge in [0, 0.05) is 30.4 Å². The summed E-state index contributed by atoms with van der Waals surface area (Å²) in [6.07, 6.45) is 3.58. The number of ether oxygens (including phenoxy) is 2. The zero-order valence-electron chi connectivity index (χ0n) is 32.5. The summed E-state index contributed by atoms with van der Waals surface area (Å²) in [5.74, 6) is -3.69. The molecule has 11 heteroatoms. The van der Waals surface area contributed by atoms with Gasteiger partial charge in [0.2, 0.25) is 17.7 Å². The van der Waals surface area contributed by atoms with Crippen LogP contribution < -0.4 is 0 Å². The molecule has 3 amide bonds. The summed E-state index contributed by atoms with van der Waals surface area (Å²) in [4.78, 5) is 62.4. The average Bonchev–Trinajstić information content (AvgIpc) is 3.66. The van der Waals surface area contributed by atoms with Gasteiger partial charge in [-0.25, -0.2) is 0 Å². The molecule has 1 spiro atoms. The van der Waals surface area contributed by atoms with Crippen LogP contribution in [0.4, 0.5) is 0 Å². The number of halogens is 1. The van der Waals surface area contributed by atoms with E-state index in [1.54, 1.807) is 29.0 Å². The molecule has 3 saturated heterocycles. The second-order valence-corrected chi connectivity index (χ2v) is 18.2. The molecule has 0 aromatic heterocycles. The van der Waals surface area contributed by atoms with Crippen LogP contribution in [0.3, 0.4) is 0 Å². The van der Waals surface area contributed by atoms with E-state index in [4.69, 9.17) is 9.47 Å². The number of likely N-dealkylation sites (N-methyl/N-ethyl adjacent to an activating group) is 1. The number of allylic oxidation sites excluding steroid dienone is 1. The number of likely N-dealkylation sites (tertiary alicyclic amines) is 1. The maximum Gasteiger partial charge on any atom is 0.313 e. The van der Waals surface area contributed by atoms with Crippen LogP contribution in [0.1, 0.15) is 92.7 Å². The fourth-order valence-electron chi connectivity index (χ4n) is 9.02. The Balaban J connectivity index is 1.80. The lowest BCUT2D eigenvalue weighted by atomic mass is 9.70. The highest BCUT2D eigenvalue weighted by atomic mass is 79.9. The molecule has 9 atom stereocenters. The molecule has 3 fully saturated rings. The fraction of sp³-hybridized carbons (Fsp3) is 0.659. The number of benzene rings is 1. The molecule has 3 heterocycles. The summed E-state index contributed by atoms with van der Waals surface area (Å²) >= 11 is 3.77. The van der Waals surface area contributed by atoms with E-state index >= 15 is 4.79 Å². The van der Waals surface area contributed by atoms with Gasteiger partial charge in [-0.2, -0.15) is 0 Å². The maximum absolute atomic E-state index is 15.2. The van der Waals surface area contributed by atoms with Crippen LogP contribution in [0.5, 0.6) is 0 Å². The van der Waals surface area contributed by atoms with Crippen LogP contribution >= 0.6 is 15.9 Å². The topological polar surface area (TPSA) is 117 Å². The highest BCUT2D eigenvalue weighted by molar-refractivity contribution is 9.09. The summed E-state index contributed by atoms with van der Waals surface area (Å²) in [7, 11) is 1.69. The van der Waals surface area contributed by atoms with Gasteiger partial charge >= 0.3 is 5.97 Å². The summed E-state index contributed by atoms with van der Waals surface area (Å²) in [5.41, 5.74) is -1.39. The smallest absolute Gasteiger partial charge is 0.313 e. The highest BCUT2D eigenvalue weighted by Crippen LogP contribution is 2.61. The summed E-state index contributed by atoms with van der Waals surface area (Å²) in [5, 5.41) is 10.7. The van der Waals surface area contributed by atoms with E-state index in [1.807, 2.05) is 65.0 Å². The van der Waals surface area contributed by atoms with Gasteiger partial charge in [-0.3, -0.25) is 19.2 Å². The fourth-order valence-corrected chi connectivity index (χ4v) is 9.97. The first kappa shape index (κ1) is 41.7. The molecule has 2 bridgehead atoms. The van der Waals surface area contributed by atoms with Crippen molar-refractivity contribution in [3.63, 3.8) is 0 Å². The predicted octanol–water partition coefficient (Wildman–Crippen LogP) is 6.08. The first-order valence-corrected chi connectivity index (χ1v) is 19.5. The van der Waals surface area contributed by atoms with Crippen LogP contribution in [0.2, 0.25) is 0 Å². The van der Waals surface area contributed by atoms with Crippen LogP contribution in [0.15, 0.2) is 55.6 Å². The molecule has 10 nitrogen and oxygen atoms in total. The van der Waals surface area contributed by atoms with E-state index in [1.165, 1.54) is 4.90 Å². The Morgan fingerprint density at radius 3 is 2.29 bits per heavy atom. The summed E-state index contributed by atoms with van der Waals surface area (Å²) < 4.78 is 13.2. The van der Waals surface area contributed by atoms with Gasteiger partial charge in [0.1, 0.15) is 17.7 Å². The number of esters is 1. The molecule has 4 rings (SSSR count). The number of hydrogen-bond acceptors (Lipinski definition) is 7. The third-order valence-electron chi connectivity index (χ3n) is 11.2. The minimum atomic E-state index is -1.35. The Morgan fingerprint density at radius 1 is 1.12 bits per heavy atom. The number of hydrogen-bond donors (Lipinski definition) is 1. The molecule has 288 valence electrons. The van der Waals surface area contributed by atoms with E-state index in [0.717, 1.165) is 0 Å². The van der Waals surface area contributed by atoms with Gasteiger partial charge in [0.05, 0.1) is 36.6 Å². The number of carbonyl (C=O) groups is 4. The zero-order chi connectivity index (χ0) is 38.9. The van der Waals surface area contributed by atoms with E-state index in [9.17, 15) is 19.5 Å². The normalized spacial score (nSPS) is 27.2. The summed E-state index contributed by atoms with van der Waals surface area (Å²) in [6.45, 7) is 23.6. The Hall–Kier alpha value is -3.02. The van der Waals surface area contributed by atoms with E-state index < -0.39 is 65.2 Å². The van der Waals surface area contributed by atoms with Gasteiger partial charge in [-0.15, -0.1) is 13.2 Å². The Labute approximate surface area is 319 Å². The number of aliphatic hydroxyl groups excluding tert-OH is 1. The third-order valence-corrected chi connectivity index (χ3v) is 12.0. The number of fused-ring (bicyclic) bond motifs is 1. The van der Waals surface area contributed by atoms with E-state index in [0.29, 0.717) is 24.8 Å². The number of carbonyl (C=O) groups excluding carboxylic acids is 4. The Morgan fingerprint density at radius 2 is 1.75 bits per heavy atom. The standard InChI is InChI=1S/C41H60BrN3O7/c1-12-14-20-30(47)43(11)26(5)33(27-18-16-15-17-19-27)51-38(50)31-32-36(48)45(29(23-46)25(3)4)35(41(32)22-28(42)34(31)52-41)37(49)44(21-13-2)40(9,10)24-39(6,7)8/h12-13,15-19,25-26,28-29,31-35,46H,1-2,14,20-24H2,3-11H3/t26-,28?,29-,31-,32+,33+,34-,35-,41+/m0/s1. The second-order valence-electron chi connectivity index (χ2n) is 17.0. The molecule has 1 aromatic rings. The van der Waals surface area contributed by atoms with Gasteiger partial charge in [-0.05, 0) is 56.9 Å². The average molecular weight is 787 g/mol. The first-order valence-electron chi connectivity index (χ1n) is 18.6. The molecule has 0 radical (unpaired) electrons. The molecule has 1 aromatic carbocycles. The number of nitrogens with zero attached hydrogens (tertiary/aromatic N) is 3. The van der Waals surface area contributed by atoms with E-state index in [-0.39, 0.29) is 47.5 Å². The minimum absolute atomic E-state index is 0.114. The molecule has 0 saturated carbocycles. The van der Waals surface area contributed by atoms with Gasteiger partial charge in [0.25, 0.3) is 0 Å². The van der Waals surface area contributed by atoms with Gasteiger partial charge in [-0.1, -0.05) is 93.0 Å². The van der Waals surface area contributed by atoms with E-state index in [2.05, 4.69) is 49.9 Å². The molecule has 3 aliphatic heterocycles. The SMILES string of the molecule is C=CCCC(=O)N(C)[C@@H](C)[C@@H](OC(=O)[C@@H]1[C@H]2O[C@@]3(CC2Br)[C@H](C(=O)N(CC=C)C(C)(C)CC(C)(C)C)N([C@@H](CO)C(C)C)C(=O)[C@@H]13)c1ccccc1. The van der Waals surface area contributed by atoms with Gasteiger partial charge in [0.15, 0.2) is 0 Å². The monoisotopic (exact) mass is 785 g/mol. The number of amides is 3. The van der Waals surface area contributed by atoms with Crippen LogP contribution in [-0.4, -0.2) is 104 Å². The zero-order valence-corrected chi connectivity index (χ0v) is 34.1. The molecule has 1 N–H and O–H groups in total. The summed E-state index contributed by atoms with van der Waals surface area (Å²) in [6, 6.07) is 6.92. The van der Waals surface area contributed by atoms with Crippen LogP contribution in [-0.2, 0) is 28.7 Å². The number of aliphatic hydroxyl groups is 1. The highest BCUT2D eigenvalue weighted by Gasteiger charge is 2.78. The quantitative estimate of drug-likeness (QED) is 0.123. The largest absolute Gasteiger partial charge is 0.455 e. The molecule has 3 aliphatic rings. The van der Waals surface area contributed by atoms with Crippen molar-refractivity contribution in [2.75, 3.05) is 20.2 Å². The Bertz CT molecular complexity index is 1490. The molecule has 0 aliphatic carbocycles. The third kappa shape index (κ3) is 7.92. The molecular formula is C41H60BrN3O7. The first-order chi connectivity index (χ1) is 24.3. The second kappa shape index (κ2) is 16.1. The lowest BCUT2D eigenvalue weighted by Crippen LogP contribution is -2.63. The minimum Gasteiger partial charge on any atom is -0.455 e. The lowest BCUT2D eigenvalue weighted by Gasteiger charge is -2.47. The maximum atomic E-state index is 15.2. The van der Waals surface area contributed by atoms with Crippen molar-refractivity contribution in [1.82, 2.24) is 14.7 Å². The van der Waals surface area contributed by atoms with Gasteiger partial charge < -0.3 is 29.3 Å². The molecule has 1 unspecified atom stereocenters. The molecule has 52 heavy (non-hydrogen) atoms. The number of rotatable bonds is 16. The Kier molecular flexibility index (Phi) is 13.0. The van der Waals surface area contributed by atoms with Crippen LogP contribution in [0, 0.1) is 23.2 Å². The van der Waals surface area contributed by atoms with Crippen molar-refractivity contribution < 1.29 is 33.8 Å².